The molecule has 5 heteroatoms. The summed E-state index contributed by atoms with van der Waals surface area (Å²) in [5, 5.41) is 2.81. The van der Waals surface area contributed by atoms with Gasteiger partial charge in [0.25, 0.3) is 0 Å². The molecule has 0 radical (unpaired) electrons. The maximum atomic E-state index is 13.0. The number of nitrogens with one attached hydrogen (secondary N) is 1. The SMILES string of the molecule is COC(=O)[C@H](C)NC(=O)[C@@H]1[C@@H](c2ccccc2)[C@H](C)N1Cc1ccccc1. The highest BCUT2D eigenvalue weighted by Crippen LogP contribution is 2.41. The van der Waals surface area contributed by atoms with Crippen LogP contribution in [0.3, 0.4) is 0 Å². The van der Waals surface area contributed by atoms with Gasteiger partial charge >= 0.3 is 5.97 Å². The number of esters is 1. The molecule has 27 heavy (non-hydrogen) atoms. The summed E-state index contributed by atoms with van der Waals surface area (Å²) >= 11 is 0. The molecule has 1 N–H and O–H groups in total. The van der Waals surface area contributed by atoms with Crippen LogP contribution < -0.4 is 5.32 Å². The minimum absolute atomic E-state index is 0.0831. The molecule has 0 saturated carbocycles. The minimum Gasteiger partial charge on any atom is -0.467 e. The molecule has 0 aromatic heterocycles. The van der Waals surface area contributed by atoms with E-state index >= 15 is 0 Å². The molecule has 1 amide bonds. The topological polar surface area (TPSA) is 58.6 Å². The Labute approximate surface area is 160 Å². The Morgan fingerprint density at radius 3 is 2.26 bits per heavy atom. The standard InChI is InChI=1S/C22H26N2O3/c1-15(22(26)27-3)23-21(25)20-19(18-12-8-5-9-13-18)16(2)24(20)14-17-10-6-4-7-11-17/h4-13,15-16,19-20H,14H2,1-3H3,(H,23,25)/t15-,16-,19+,20-/m0/s1. The number of benzene rings is 2. The van der Waals surface area contributed by atoms with Gasteiger partial charge < -0.3 is 10.1 Å². The van der Waals surface area contributed by atoms with Gasteiger partial charge in [-0.3, -0.25) is 9.69 Å². The Morgan fingerprint density at radius 2 is 1.67 bits per heavy atom. The lowest BCUT2D eigenvalue weighted by Crippen LogP contribution is -2.66. The number of rotatable bonds is 6. The van der Waals surface area contributed by atoms with Crippen LogP contribution in [0.4, 0.5) is 0 Å². The number of hydrogen-bond acceptors (Lipinski definition) is 4. The second kappa shape index (κ2) is 8.35. The average Bonchev–Trinajstić information content (AvgIpc) is 2.70. The normalized spacial score (nSPS) is 23.1. The van der Waals surface area contributed by atoms with Crippen molar-refractivity contribution in [2.45, 2.75) is 44.4 Å². The summed E-state index contributed by atoms with van der Waals surface area (Å²) in [6.07, 6.45) is 0. The number of carbonyl (C=O) groups excluding carboxylic acids is 2. The van der Waals surface area contributed by atoms with E-state index in [4.69, 9.17) is 4.74 Å². The zero-order valence-electron chi connectivity index (χ0n) is 16.0. The fourth-order valence-electron chi connectivity index (χ4n) is 3.85. The van der Waals surface area contributed by atoms with Gasteiger partial charge in [-0.2, -0.15) is 0 Å². The highest BCUT2D eigenvalue weighted by molar-refractivity contribution is 5.89. The van der Waals surface area contributed by atoms with Gasteiger partial charge in [0.05, 0.1) is 13.2 Å². The van der Waals surface area contributed by atoms with Gasteiger partial charge in [0.2, 0.25) is 5.91 Å². The van der Waals surface area contributed by atoms with Gasteiger partial charge in [0.1, 0.15) is 6.04 Å². The van der Waals surface area contributed by atoms with Crippen molar-refractivity contribution in [3.05, 3.63) is 71.8 Å². The number of methoxy groups -OCH3 is 1. The summed E-state index contributed by atoms with van der Waals surface area (Å²) in [6.45, 7) is 4.48. The fraction of sp³-hybridized carbons (Fsp3) is 0.364. The van der Waals surface area contributed by atoms with Gasteiger partial charge in [0.15, 0.2) is 0 Å². The van der Waals surface area contributed by atoms with Crippen molar-refractivity contribution in [3.8, 4) is 0 Å². The molecule has 0 aliphatic carbocycles. The lowest BCUT2D eigenvalue weighted by Gasteiger charge is -2.53. The van der Waals surface area contributed by atoms with E-state index in [0.717, 1.165) is 11.1 Å². The smallest absolute Gasteiger partial charge is 0.328 e. The second-order valence-corrected chi connectivity index (χ2v) is 7.03. The van der Waals surface area contributed by atoms with Gasteiger partial charge in [-0.15, -0.1) is 0 Å². The van der Waals surface area contributed by atoms with Gasteiger partial charge in [0, 0.05) is 18.5 Å². The third-order valence-electron chi connectivity index (χ3n) is 5.31. The van der Waals surface area contributed by atoms with Crippen LogP contribution >= 0.6 is 0 Å². The largest absolute Gasteiger partial charge is 0.467 e. The second-order valence-electron chi connectivity index (χ2n) is 7.03. The molecular formula is C22H26N2O3. The van der Waals surface area contributed by atoms with E-state index in [2.05, 4.69) is 41.4 Å². The van der Waals surface area contributed by atoms with E-state index in [-0.39, 0.29) is 23.9 Å². The average molecular weight is 366 g/mol. The minimum atomic E-state index is -0.673. The number of nitrogens with zero attached hydrogens (tertiary/aromatic N) is 1. The quantitative estimate of drug-likeness (QED) is 0.799. The zero-order chi connectivity index (χ0) is 19.4. The molecule has 142 valence electrons. The van der Waals surface area contributed by atoms with Crippen LogP contribution in [0.2, 0.25) is 0 Å². The van der Waals surface area contributed by atoms with Crippen molar-refractivity contribution in [3.63, 3.8) is 0 Å². The first kappa shape index (κ1) is 19.1. The van der Waals surface area contributed by atoms with Crippen LogP contribution in [-0.4, -0.2) is 42.0 Å². The van der Waals surface area contributed by atoms with Crippen LogP contribution in [0.15, 0.2) is 60.7 Å². The van der Waals surface area contributed by atoms with E-state index in [1.54, 1.807) is 6.92 Å². The van der Waals surface area contributed by atoms with E-state index in [0.29, 0.717) is 6.54 Å². The van der Waals surface area contributed by atoms with Crippen LogP contribution in [-0.2, 0) is 20.9 Å². The van der Waals surface area contributed by atoms with Crippen molar-refractivity contribution in [2.75, 3.05) is 7.11 Å². The number of ether oxygens (including phenoxy) is 1. The first-order chi connectivity index (χ1) is 13.0. The molecule has 3 rings (SSSR count). The van der Waals surface area contributed by atoms with Gasteiger partial charge in [-0.25, -0.2) is 4.79 Å². The van der Waals surface area contributed by atoms with Crippen LogP contribution in [0.5, 0.6) is 0 Å². The molecule has 1 heterocycles. The van der Waals surface area contributed by atoms with Crippen LogP contribution in [0.25, 0.3) is 0 Å². The molecule has 0 spiro atoms. The Kier molecular flexibility index (Phi) is 5.91. The summed E-state index contributed by atoms with van der Waals surface area (Å²) in [5.41, 5.74) is 2.30. The zero-order valence-corrected chi connectivity index (χ0v) is 16.0. The lowest BCUT2D eigenvalue weighted by molar-refractivity contribution is -0.148. The molecule has 1 fully saturated rings. The van der Waals surface area contributed by atoms with Gasteiger partial charge in [-0.1, -0.05) is 60.7 Å². The third-order valence-corrected chi connectivity index (χ3v) is 5.31. The highest BCUT2D eigenvalue weighted by atomic mass is 16.5. The molecule has 1 saturated heterocycles. The number of likely N-dealkylation sites (tertiary alicyclic amines) is 1. The van der Waals surface area contributed by atoms with Crippen molar-refractivity contribution in [2.24, 2.45) is 0 Å². The molecule has 1 aliphatic rings. The maximum Gasteiger partial charge on any atom is 0.328 e. The highest BCUT2D eigenvalue weighted by Gasteiger charge is 2.50. The summed E-state index contributed by atoms with van der Waals surface area (Å²) in [7, 11) is 1.32. The van der Waals surface area contributed by atoms with Gasteiger partial charge in [-0.05, 0) is 25.0 Å². The Hall–Kier alpha value is -2.66. The van der Waals surface area contributed by atoms with Crippen LogP contribution in [0.1, 0.15) is 30.9 Å². The summed E-state index contributed by atoms with van der Waals surface area (Å²) in [5.74, 6) is -0.503. The summed E-state index contributed by atoms with van der Waals surface area (Å²) in [4.78, 5) is 26.9. The summed E-state index contributed by atoms with van der Waals surface area (Å²) in [6, 6.07) is 19.4. The number of amides is 1. The Bertz CT molecular complexity index is 779. The molecular weight excluding hydrogens is 340 g/mol. The van der Waals surface area contributed by atoms with E-state index in [1.807, 2.05) is 36.4 Å². The maximum absolute atomic E-state index is 13.0. The molecule has 0 bridgehead atoms. The van der Waals surface area contributed by atoms with Crippen molar-refractivity contribution >= 4 is 11.9 Å². The third kappa shape index (κ3) is 4.03. The molecule has 0 unspecified atom stereocenters. The van der Waals surface area contributed by atoms with E-state index in [1.165, 1.54) is 7.11 Å². The first-order valence-electron chi connectivity index (χ1n) is 9.25. The molecule has 2 aromatic rings. The molecule has 4 atom stereocenters. The molecule has 5 nitrogen and oxygen atoms in total. The van der Waals surface area contributed by atoms with Crippen molar-refractivity contribution in [1.82, 2.24) is 10.2 Å². The number of carbonyl (C=O) groups is 2. The van der Waals surface area contributed by atoms with Crippen molar-refractivity contribution in [1.29, 1.82) is 0 Å². The predicted molar refractivity (Wildman–Crippen MR) is 104 cm³/mol. The van der Waals surface area contributed by atoms with E-state index in [9.17, 15) is 9.59 Å². The van der Waals surface area contributed by atoms with E-state index < -0.39 is 12.0 Å². The van der Waals surface area contributed by atoms with Crippen LogP contribution in [0, 0.1) is 0 Å². The summed E-state index contributed by atoms with van der Waals surface area (Å²) < 4.78 is 4.73. The monoisotopic (exact) mass is 366 g/mol. The predicted octanol–water partition coefficient (Wildman–Crippen LogP) is 2.72. The van der Waals surface area contributed by atoms with Crippen molar-refractivity contribution < 1.29 is 14.3 Å². The molecule has 1 aliphatic heterocycles. The first-order valence-corrected chi connectivity index (χ1v) is 9.25. The lowest BCUT2D eigenvalue weighted by atomic mass is 9.75. The fourth-order valence-corrected chi connectivity index (χ4v) is 3.85. The molecule has 2 aromatic carbocycles. The Balaban J connectivity index is 1.82. The number of hydrogen-bond donors (Lipinski definition) is 1. The Morgan fingerprint density at radius 1 is 1.07 bits per heavy atom.